The number of ether oxygens (including phenoxy) is 2. The summed E-state index contributed by atoms with van der Waals surface area (Å²) in [5.74, 6) is 2.00. The Morgan fingerprint density at radius 3 is 1.50 bits per heavy atom. The van der Waals surface area contributed by atoms with Crippen molar-refractivity contribution < 1.29 is 9.47 Å². The minimum Gasteiger partial charge on any atom is -0.490 e. The van der Waals surface area contributed by atoms with Crippen LogP contribution in [0.1, 0.15) is 38.5 Å². The van der Waals surface area contributed by atoms with E-state index in [1.54, 1.807) is 0 Å². The van der Waals surface area contributed by atoms with E-state index in [4.69, 9.17) is 9.47 Å². The van der Waals surface area contributed by atoms with Crippen LogP contribution in [0.15, 0.2) is 60.7 Å². The number of hydrogen-bond donors (Lipinski definition) is 0. The minimum atomic E-state index is 0.350. The molecule has 138 valence electrons. The lowest BCUT2D eigenvalue weighted by Crippen LogP contribution is -2.38. The highest BCUT2D eigenvalue weighted by atomic mass is 16.5. The van der Waals surface area contributed by atoms with Crippen LogP contribution in [0, 0.1) is 0 Å². The SMILES string of the molecule is CN(C1CCC(Oc2ccccc2)C1)C1CCC(Oc2ccccc2)C1. The van der Waals surface area contributed by atoms with Gasteiger partial charge < -0.3 is 14.4 Å². The molecule has 2 aromatic rings. The number of benzene rings is 2. The highest BCUT2D eigenvalue weighted by Crippen LogP contribution is 2.33. The Morgan fingerprint density at radius 2 is 1.08 bits per heavy atom. The van der Waals surface area contributed by atoms with Crippen LogP contribution in [-0.4, -0.2) is 36.2 Å². The third kappa shape index (κ3) is 4.21. The first-order valence-corrected chi connectivity index (χ1v) is 9.93. The van der Waals surface area contributed by atoms with Crippen molar-refractivity contribution in [1.82, 2.24) is 4.90 Å². The average Bonchev–Trinajstić information content (AvgIpc) is 3.33. The van der Waals surface area contributed by atoms with Crippen molar-refractivity contribution in [2.24, 2.45) is 0 Å². The molecule has 2 aliphatic carbocycles. The highest BCUT2D eigenvalue weighted by molar-refractivity contribution is 5.22. The van der Waals surface area contributed by atoms with Crippen LogP contribution in [-0.2, 0) is 0 Å². The molecule has 0 heterocycles. The third-order valence-corrected chi connectivity index (χ3v) is 5.96. The summed E-state index contributed by atoms with van der Waals surface area (Å²) in [6.07, 6.45) is 7.73. The Morgan fingerprint density at radius 1 is 0.654 bits per heavy atom. The van der Waals surface area contributed by atoms with Crippen molar-refractivity contribution >= 4 is 0 Å². The molecule has 0 aliphatic heterocycles. The Balaban J connectivity index is 1.26. The van der Waals surface area contributed by atoms with E-state index >= 15 is 0 Å². The van der Waals surface area contributed by atoms with Gasteiger partial charge in [0.05, 0.1) is 0 Å². The van der Waals surface area contributed by atoms with E-state index < -0.39 is 0 Å². The molecule has 0 radical (unpaired) electrons. The highest BCUT2D eigenvalue weighted by Gasteiger charge is 2.36. The fraction of sp³-hybridized carbons (Fsp3) is 0.478. The zero-order valence-electron chi connectivity index (χ0n) is 15.6. The molecule has 0 amide bonds. The fourth-order valence-corrected chi connectivity index (χ4v) is 4.47. The Labute approximate surface area is 156 Å². The summed E-state index contributed by atoms with van der Waals surface area (Å²) >= 11 is 0. The van der Waals surface area contributed by atoms with Crippen molar-refractivity contribution in [3.8, 4) is 11.5 Å². The number of rotatable bonds is 6. The predicted molar refractivity (Wildman–Crippen MR) is 105 cm³/mol. The molecule has 0 saturated heterocycles. The van der Waals surface area contributed by atoms with Crippen molar-refractivity contribution in [2.45, 2.75) is 62.8 Å². The Hall–Kier alpha value is -2.00. The van der Waals surface area contributed by atoms with Gasteiger partial charge in [-0.3, -0.25) is 0 Å². The van der Waals surface area contributed by atoms with E-state index in [1.807, 2.05) is 36.4 Å². The van der Waals surface area contributed by atoms with Crippen LogP contribution < -0.4 is 9.47 Å². The van der Waals surface area contributed by atoms with E-state index in [2.05, 4.69) is 36.2 Å². The topological polar surface area (TPSA) is 21.7 Å². The largest absolute Gasteiger partial charge is 0.490 e. The Bertz CT molecular complexity index is 616. The first kappa shape index (κ1) is 17.4. The molecule has 2 saturated carbocycles. The summed E-state index contributed by atoms with van der Waals surface area (Å²) in [5, 5.41) is 0. The number of nitrogens with zero attached hydrogens (tertiary/aromatic N) is 1. The van der Waals surface area contributed by atoms with E-state index in [1.165, 1.54) is 12.8 Å². The fourth-order valence-electron chi connectivity index (χ4n) is 4.47. The second-order valence-corrected chi connectivity index (χ2v) is 7.71. The summed E-state index contributed by atoms with van der Waals surface area (Å²) < 4.78 is 12.3. The van der Waals surface area contributed by atoms with Crippen LogP contribution in [0.4, 0.5) is 0 Å². The maximum Gasteiger partial charge on any atom is 0.119 e. The van der Waals surface area contributed by atoms with Crippen LogP contribution >= 0.6 is 0 Å². The maximum absolute atomic E-state index is 6.17. The third-order valence-electron chi connectivity index (χ3n) is 5.96. The summed E-state index contributed by atoms with van der Waals surface area (Å²) in [5.41, 5.74) is 0. The van der Waals surface area contributed by atoms with E-state index in [-0.39, 0.29) is 0 Å². The summed E-state index contributed by atoms with van der Waals surface area (Å²) in [6, 6.07) is 21.7. The van der Waals surface area contributed by atoms with Gasteiger partial charge in [0.2, 0.25) is 0 Å². The molecule has 0 N–H and O–H groups in total. The molecular formula is C23H29NO2. The van der Waals surface area contributed by atoms with E-state index in [0.717, 1.165) is 37.2 Å². The number of para-hydroxylation sites is 2. The zero-order valence-corrected chi connectivity index (χ0v) is 15.6. The summed E-state index contributed by atoms with van der Waals surface area (Å²) in [6.45, 7) is 0. The van der Waals surface area contributed by atoms with Gasteiger partial charge in [0.15, 0.2) is 0 Å². The molecule has 3 nitrogen and oxygen atoms in total. The van der Waals surface area contributed by atoms with Crippen LogP contribution in [0.3, 0.4) is 0 Å². The second-order valence-electron chi connectivity index (χ2n) is 7.71. The van der Waals surface area contributed by atoms with E-state index in [0.29, 0.717) is 24.3 Å². The lowest BCUT2D eigenvalue weighted by atomic mass is 10.1. The van der Waals surface area contributed by atoms with Gasteiger partial charge in [-0.25, -0.2) is 0 Å². The molecule has 4 unspecified atom stereocenters. The van der Waals surface area contributed by atoms with Crippen LogP contribution in [0.2, 0.25) is 0 Å². The predicted octanol–water partition coefficient (Wildman–Crippen LogP) is 4.92. The molecule has 4 rings (SSSR count). The molecule has 0 bridgehead atoms. The summed E-state index contributed by atoms with van der Waals surface area (Å²) in [4.78, 5) is 2.60. The van der Waals surface area contributed by atoms with Gasteiger partial charge in [-0.15, -0.1) is 0 Å². The van der Waals surface area contributed by atoms with Gasteiger partial charge in [-0.05, 0) is 69.8 Å². The second kappa shape index (κ2) is 8.13. The molecule has 26 heavy (non-hydrogen) atoms. The molecule has 3 heteroatoms. The van der Waals surface area contributed by atoms with Gasteiger partial charge in [0, 0.05) is 12.1 Å². The summed E-state index contributed by atoms with van der Waals surface area (Å²) in [7, 11) is 2.30. The van der Waals surface area contributed by atoms with Gasteiger partial charge in [0.25, 0.3) is 0 Å². The lowest BCUT2D eigenvalue weighted by Gasteiger charge is -2.30. The van der Waals surface area contributed by atoms with Gasteiger partial charge >= 0.3 is 0 Å². The number of hydrogen-bond acceptors (Lipinski definition) is 3. The smallest absolute Gasteiger partial charge is 0.119 e. The maximum atomic E-state index is 6.17. The molecule has 2 fully saturated rings. The first-order valence-electron chi connectivity index (χ1n) is 9.93. The average molecular weight is 351 g/mol. The van der Waals surface area contributed by atoms with Gasteiger partial charge in [-0.1, -0.05) is 36.4 Å². The van der Waals surface area contributed by atoms with Crippen molar-refractivity contribution in [3.05, 3.63) is 60.7 Å². The van der Waals surface area contributed by atoms with Gasteiger partial charge in [-0.2, -0.15) is 0 Å². The van der Waals surface area contributed by atoms with Gasteiger partial charge in [0.1, 0.15) is 23.7 Å². The van der Waals surface area contributed by atoms with Crippen LogP contribution in [0.5, 0.6) is 11.5 Å². The molecule has 2 aliphatic rings. The Kier molecular flexibility index (Phi) is 5.45. The lowest BCUT2D eigenvalue weighted by molar-refractivity contribution is 0.139. The van der Waals surface area contributed by atoms with Crippen molar-refractivity contribution in [1.29, 1.82) is 0 Å². The molecule has 0 spiro atoms. The first-order chi connectivity index (χ1) is 12.8. The molecule has 4 atom stereocenters. The van der Waals surface area contributed by atoms with Crippen molar-refractivity contribution in [3.63, 3.8) is 0 Å². The monoisotopic (exact) mass is 351 g/mol. The standard InChI is InChI=1S/C23H29NO2/c1-24(18-12-14-22(16-18)25-20-8-4-2-5-9-20)19-13-15-23(17-19)26-21-10-6-3-7-11-21/h2-11,18-19,22-23H,12-17H2,1H3. The van der Waals surface area contributed by atoms with E-state index in [9.17, 15) is 0 Å². The quantitative estimate of drug-likeness (QED) is 0.737. The zero-order chi connectivity index (χ0) is 17.8. The molecule has 2 aromatic carbocycles. The van der Waals surface area contributed by atoms with Crippen molar-refractivity contribution in [2.75, 3.05) is 7.05 Å². The normalized spacial score (nSPS) is 28.4. The molecule has 0 aromatic heterocycles. The molecular weight excluding hydrogens is 322 g/mol. The minimum absolute atomic E-state index is 0.350. The van der Waals surface area contributed by atoms with Crippen LogP contribution in [0.25, 0.3) is 0 Å².